The summed E-state index contributed by atoms with van der Waals surface area (Å²) in [6.07, 6.45) is 4.64. The second-order valence-corrected chi connectivity index (χ2v) is 6.43. The van der Waals surface area contributed by atoms with Crippen molar-refractivity contribution in [3.63, 3.8) is 0 Å². The van der Waals surface area contributed by atoms with Gasteiger partial charge in [-0.25, -0.2) is 4.98 Å². The van der Waals surface area contributed by atoms with Crippen LogP contribution in [0.5, 0.6) is 0 Å². The molecule has 0 amide bonds. The van der Waals surface area contributed by atoms with Crippen LogP contribution in [0.1, 0.15) is 19.8 Å². The van der Waals surface area contributed by atoms with E-state index >= 15 is 0 Å². The number of pyridine rings is 1. The molecule has 1 aliphatic heterocycles. The Bertz CT molecular complexity index is 531. The third-order valence-electron chi connectivity index (χ3n) is 3.77. The van der Waals surface area contributed by atoms with Crippen LogP contribution in [0.2, 0.25) is 0 Å². The Hall–Kier alpha value is -1.13. The minimum Gasteiger partial charge on any atom is -0.369 e. The fourth-order valence-electron chi connectivity index (χ4n) is 2.78. The number of nitrogens with one attached hydrogen (secondary N) is 1. The third kappa shape index (κ3) is 3.07. The minimum atomic E-state index is 0.661. The van der Waals surface area contributed by atoms with Gasteiger partial charge in [0.2, 0.25) is 0 Å². The number of thiophene rings is 1. The minimum absolute atomic E-state index is 0.661. The molecule has 19 heavy (non-hydrogen) atoms. The second-order valence-electron chi connectivity index (χ2n) is 5.49. The van der Waals surface area contributed by atoms with Crippen molar-refractivity contribution >= 4 is 27.2 Å². The van der Waals surface area contributed by atoms with Gasteiger partial charge in [-0.05, 0) is 49.4 Å². The Morgan fingerprint density at radius 1 is 1.37 bits per heavy atom. The number of hydrogen-bond acceptors (Lipinski definition) is 4. The fourth-order valence-corrected chi connectivity index (χ4v) is 3.56. The third-order valence-corrected chi connectivity index (χ3v) is 4.65. The summed E-state index contributed by atoms with van der Waals surface area (Å²) in [5.74, 6) is 1.70. The largest absolute Gasteiger partial charge is 0.369 e. The first-order valence-electron chi connectivity index (χ1n) is 7.11. The van der Waals surface area contributed by atoms with Crippen LogP contribution >= 0.6 is 11.3 Å². The number of hydrogen-bond donors (Lipinski definition) is 1. The van der Waals surface area contributed by atoms with Gasteiger partial charge in [0, 0.05) is 29.4 Å². The molecule has 4 heteroatoms. The lowest BCUT2D eigenvalue weighted by molar-refractivity contribution is 0.294. The van der Waals surface area contributed by atoms with Crippen LogP contribution in [0.25, 0.3) is 10.1 Å². The van der Waals surface area contributed by atoms with E-state index < -0.39 is 0 Å². The average molecular weight is 275 g/mol. The quantitative estimate of drug-likeness (QED) is 0.906. The van der Waals surface area contributed by atoms with Crippen molar-refractivity contribution in [3.05, 3.63) is 23.7 Å². The van der Waals surface area contributed by atoms with E-state index in [-0.39, 0.29) is 0 Å². The summed E-state index contributed by atoms with van der Waals surface area (Å²) in [5, 5.41) is 6.90. The molecule has 0 bridgehead atoms. The lowest BCUT2D eigenvalue weighted by Crippen LogP contribution is -2.29. The Balaban J connectivity index is 1.57. The van der Waals surface area contributed by atoms with Crippen molar-refractivity contribution in [2.45, 2.75) is 19.8 Å². The summed E-state index contributed by atoms with van der Waals surface area (Å²) < 4.78 is 1.31. The molecule has 3 heterocycles. The van der Waals surface area contributed by atoms with Crippen molar-refractivity contribution in [2.24, 2.45) is 5.92 Å². The highest BCUT2D eigenvalue weighted by molar-refractivity contribution is 7.17. The standard InChI is InChI=1S/C15H21N3S/c1-12(11-18-7-2-3-8-18)10-17-15-13-5-9-19-14(13)4-6-16-15/h4-6,9,12H,2-3,7-8,10-11H2,1H3,(H,16,17). The highest BCUT2D eigenvalue weighted by Gasteiger charge is 2.14. The summed E-state index contributed by atoms with van der Waals surface area (Å²) >= 11 is 1.77. The molecule has 1 atom stereocenters. The fraction of sp³-hybridized carbons (Fsp3) is 0.533. The summed E-state index contributed by atoms with van der Waals surface area (Å²) in [6.45, 7) is 7.08. The van der Waals surface area contributed by atoms with E-state index in [1.54, 1.807) is 11.3 Å². The van der Waals surface area contributed by atoms with E-state index in [4.69, 9.17) is 0 Å². The van der Waals surface area contributed by atoms with Crippen LogP contribution in [-0.2, 0) is 0 Å². The van der Waals surface area contributed by atoms with E-state index in [0.717, 1.165) is 12.4 Å². The van der Waals surface area contributed by atoms with Gasteiger partial charge in [0.1, 0.15) is 5.82 Å². The molecule has 0 saturated carbocycles. The SMILES string of the molecule is CC(CNc1nccc2sccc12)CN1CCCC1. The van der Waals surface area contributed by atoms with Gasteiger partial charge >= 0.3 is 0 Å². The van der Waals surface area contributed by atoms with Crippen LogP contribution in [-0.4, -0.2) is 36.1 Å². The summed E-state index contributed by atoms with van der Waals surface area (Å²) in [7, 11) is 0. The molecule has 3 nitrogen and oxygen atoms in total. The van der Waals surface area contributed by atoms with Gasteiger partial charge in [-0.2, -0.15) is 0 Å². The predicted octanol–water partition coefficient (Wildman–Crippen LogP) is 3.44. The number of nitrogens with zero attached hydrogens (tertiary/aromatic N) is 2. The van der Waals surface area contributed by atoms with E-state index in [9.17, 15) is 0 Å². The molecule has 2 aromatic rings. The molecule has 1 unspecified atom stereocenters. The molecule has 1 N–H and O–H groups in total. The number of aromatic nitrogens is 1. The van der Waals surface area contributed by atoms with E-state index in [1.165, 1.54) is 42.6 Å². The average Bonchev–Trinajstić information content (AvgIpc) is 3.06. The smallest absolute Gasteiger partial charge is 0.134 e. The maximum absolute atomic E-state index is 4.46. The number of fused-ring (bicyclic) bond motifs is 1. The van der Waals surface area contributed by atoms with Crippen LogP contribution in [0, 0.1) is 5.92 Å². The van der Waals surface area contributed by atoms with Crippen molar-refractivity contribution in [3.8, 4) is 0 Å². The Kier molecular flexibility index (Phi) is 3.99. The summed E-state index contributed by atoms with van der Waals surface area (Å²) in [6, 6.07) is 4.24. The topological polar surface area (TPSA) is 28.2 Å². The molecular formula is C15H21N3S. The molecule has 0 radical (unpaired) electrons. The molecule has 0 aromatic carbocycles. The van der Waals surface area contributed by atoms with E-state index in [2.05, 4.69) is 39.6 Å². The van der Waals surface area contributed by atoms with Crippen molar-refractivity contribution in [2.75, 3.05) is 31.5 Å². The van der Waals surface area contributed by atoms with E-state index in [1.807, 2.05) is 6.20 Å². The van der Waals surface area contributed by atoms with Crippen LogP contribution in [0.3, 0.4) is 0 Å². The first kappa shape index (κ1) is 12.9. The zero-order valence-corrected chi connectivity index (χ0v) is 12.2. The maximum atomic E-state index is 4.46. The van der Waals surface area contributed by atoms with Gasteiger partial charge in [0.15, 0.2) is 0 Å². The summed E-state index contributed by atoms with van der Waals surface area (Å²) in [5.41, 5.74) is 0. The highest BCUT2D eigenvalue weighted by Crippen LogP contribution is 2.25. The number of anilines is 1. The molecular weight excluding hydrogens is 254 g/mol. The highest BCUT2D eigenvalue weighted by atomic mass is 32.1. The Morgan fingerprint density at radius 3 is 3.05 bits per heavy atom. The maximum Gasteiger partial charge on any atom is 0.134 e. The first-order valence-corrected chi connectivity index (χ1v) is 7.99. The van der Waals surface area contributed by atoms with Gasteiger partial charge in [0.25, 0.3) is 0 Å². The molecule has 1 aliphatic rings. The first-order chi connectivity index (χ1) is 9.33. The van der Waals surface area contributed by atoms with Gasteiger partial charge in [-0.3, -0.25) is 0 Å². The molecule has 0 aliphatic carbocycles. The molecule has 1 saturated heterocycles. The molecule has 102 valence electrons. The van der Waals surface area contributed by atoms with E-state index in [0.29, 0.717) is 5.92 Å². The summed E-state index contributed by atoms with van der Waals surface area (Å²) in [4.78, 5) is 7.04. The number of rotatable bonds is 5. The Labute approximate surface area is 118 Å². The van der Waals surface area contributed by atoms with Crippen molar-refractivity contribution in [1.29, 1.82) is 0 Å². The molecule has 2 aromatic heterocycles. The zero-order chi connectivity index (χ0) is 13.1. The van der Waals surface area contributed by atoms with Crippen molar-refractivity contribution in [1.82, 2.24) is 9.88 Å². The van der Waals surface area contributed by atoms with Crippen LogP contribution < -0.4 is 5.32 Å². The van der Waals surface area contributed by atoms with Gasteiger partial charge in [-0.1, -0.05) is 6.92 Å². The predicted molar refractivity (Wildman–Crippen MR) is 82.9 cm³/mol. The zero-order valence-electron chi connectivity index (χ0n) is 11.4. The monoisotopic (exact) mass is 275 g/mol. The molecule has 0 spiro atoms. The normalized spacial score (nSPS) is 17.9. The van der Waals surface area contributed by atoms with Crippen molar-refractivity contribution < 1.29 is 0 Å². The number of likely N-dealkylation sites (tertiary alicyclic amines) is 1. The van der Waals surface area contributed by atoms with Gasteiger partial charge in [0.05, 0.1) is 0 Å². The molecule has 1 fully saturated rings. The lowest BCUT2D eigenvalue weighted by atomic mass is 10.1. The second kappa shape index (κ2) is 5.88. The lowest BCUT2D eigenvalue weighted by Gasteiger charge is -2.20. The molecule has 3 rings (SSSR count). The Morgan fingerprint density at radius 2 is 2.21 bits per heavy atom. The van der Waals surface area contributed by atoms with Crippen LogP contribution in [0.15, 0.2) is 23.7 Å². The van der Waals surface area contributed by atoms with Gasteiger partial charge < -0.3 is 10.2 Å². The van der Waals surface area contributed by atoms with Crippen LogP contribution in [0.4, 0.5) is 5.82 Å². The van der Waals surface area contributed by atoms with Gasteiger partial charge in [-0.15, -0.1) is 11.3 Å².